The van der Waals surface area contributed by atoms with Gasteiger partial charge in [-0.2, -0.15) is 0 Å². The van der Waals surface area contributed by atoms with E-state index >= 15 is 0 Å². The van der Waals surface area contributed by atoms with E-state index in [0.29, 0.717) is 0 Å². The third-order valence-corrected chi connectivity index (χ3v) is 5.22. The van der Waals surface area contributed by atoms with Crippen molar-refractivity contribution in [2.45, 2.75) is 12.1 Å². The minimum absolute atomic E-state index is 0.102. The number of fused-ring (bicyclic) bond motifs is 1. The van der Waals surface area contributed by atoms with Crippen LogP contribution in [0.15, 0.2) is 65.9 Å². The summed E-state index contributed by atoms with van der Waals surface area (Å²) in [7, 11) is 0. The molecule has 1 fully saturated rings. The zero-order valence-electron chi connectivity index (χ0n) is 17.5. The molecular formula is C23H22N6O4. The molecule has 1 unspecified atom stereocenters. The SMILES string of the molecule is O=C(/C=C/c1cnc[nH]c1=O)NCC(NC(=O)[C@H]1CNC(=O)N1)c1ccc2ccccc2c1. The predicted molar refractivity (Wildman–Crippen MR) is 122 cm³/mol. The number of hydrogen-bond donors (Lipinski definition) is 5. The van der Waals surface area contributed by atoms with Crippen LogP contribution in [-0.4, -0.2) is 46.9 Å². The number of nitrogens with one attached hydrogen (secondary N) is 5. The molecule has 0 saturated carbocycles. The lowest BCUT2D eigenvalue weighted by Crippen LogP contribution is -2.46. The fraction of sp³-hybridized carbons (Fsp3) is 0.174. The summed E-state index contributed by atoms with van der Waals surface area (Å²) in [6, 6.07) is 11.9. The number of benzene rings is 2. The highest BCUT2D eigenvalue weighted by Gasteiger charge is 2.28. The Bertz CT molecular complexity index is 1280. The molecule has 0 spiro atoms. The van der Waals surface area contributed by atoms with Crippen molar-refractivity contribution in [3.05, 3.63) is 82.5 Å². The maximum Gasteiger partial charge on any atom is 0.315 e. The van der Waals surface area contributed by atoms with Crippen LogP contribution in [0.1, 0.15) is 17.2 Å². The average molecular weight is 446 g/mol. The average Bonchev–Trinajstić information content (AvgIpc) is 3.27. The molecule has 4 amide bonds. The second kappa shape index (κ2) is 9.77. The van der Waals surface area contributed by atoms with Crippen LogP contribution in [0.25, 0.3) is 16.8 Å². The largest absolute Gasteiger partial charge is 0.350 e. The van der Waals surface area contributed by atoms with Gasteiger partial charge in [-0.05, 0) is 28.5 Å². The fourth-order valence-electron chi connectivity index (χ4n) is 3.46. The van der Waals surface area contributed by atoms with Crippen molar-refractivity contribution in [1.29, 1.82) is 0 Å². The molecular weight excluding hydrogens is 424 g/mol. The summed E-state index contributed by atoms with van der Waals surface area (Å²) in [5.74, 6) is -0.799. The summed E-state index contributed by atoms with van der Waals surface area (Å²) in [4.78, 5) is 54.4. The monoisotopic (exact) mass is 446 g/mol. The number of nitrogens with zero attached hydrogens (tertiary/aromatic N) is 1. The Kier molecular flexibility index (Phi) is 6.44. The van der Waals surface area contributed by atoms with Crippen LogP contribution in [0.3, 0.4) is 0 Å². The van der Waals surface area contributed by atoms with Crippen LogP contribution >= 0.6 is 0 Å². The van der Waals surface area contributed by atoms with Gasteiger partial charge in [-0.1, -0.05) is 36.4 Å². The molecule has 0 bridgehead atoms. The number of carbonyl (C=O) groups is 3. The molecule has 10 heteroatoms. The van der Waals surface area contributed by atoms with E-state index in [-0.39, 0.29) is 30.1 Å². The zero-order valence-corrected chi connectivity index (χ0v) is 17.5. The predicted octanol–water partition coefficient (Wildman–Crippen LogP) is 0.591. The number of aromatic nitrogens is 2. The number of carbonyl (C=O) groups excluding carboxylic acids is 3. The van der Waals surface area contributed by atoms with E-state index in [2.05, 4.69) is 31.2 Å². The number of hydrogen-bond acceptors (Lipinski definition) is 5. The maximum absolute atomic E-state index is 12.7. The number of urea groups is 1. The Hall–Kier alpha value is -4.47. The number of aromatic amines is 1. The van der Waals surface area contributed by atoms with Crippen LogP contribution in [0.2, 0.25) is 0 Å². The fourth-order valence-corrected chi connectivity index (χ4v) is 3.46. The van der Waals surface area contributed by atoms with Crippen molar-refractivity contribution in [2.24, 2.45) is 0 Å². The Morgan fingerprint density at radius 2 is 1.97 bits per heavy atom. The molecule has 1 aliphatic heterocycles. The molecule has 3 aromatic rings. The van der Waals surface area contributed by atoms with Crippen molar-refractivity contribution in [2.75, 3.05) is 13.1 Å². The Labute approximate surface area is 188 Å². The molecule has 0 radical (unpaired) electrons. The van der Waals surface area contributed by atoms with E-state index < -0.39 is 24.0 Å². The number of H-pyrrole nitrogens is 1. The second-order valence-corrected chi connectivity index (χ2v) is 7.49. The van der Waals surface area contributed by atoms with E-state index in [0.717, 1.165) is 16.3 Å². The minimum Gasteiger partial charge on any atom is -0.350 e. The van der Waals surface area contributed by atoms with Gasteiger partial charge in [0.15, 0.2) is 0 Å². The van der Waals surface area contributed by atoms with Crippen LogP contribution in [0.4, 0.5) is 4.79 Å². The molecule has 2 heterocycles. The lowest BCUT2D eigenvalue weighted by atomic mass is 10.0. The first-order valence-corrected chi connectivity index (χ1v) is 10.3. The number of rotatable bonds is 7. The van der Waals surface area contributed by atoms with E-state index in [9.17, 15) is 19.2 Å². The molecule has 1 saturated heterocycles. The van der Waals surface area contributed by atoms with Gasteiger partial charge in [0.05, 0.1) is 17.9 Å². The molecule has 168 valence electrons. The topological polar surface area (TPSA) is 145 Å². The summed E-state index contributed by atoms with van der Waals surface area (Å²) in [6.45, 7) is 0.286. The summed E-state index contributed by atoms with van der Waals surface area (Å²) >= 11 is 0. The van der Waals surface area contributed by atoms with Gasteiger partial charge in [-0.3, -0.25) is 14.4 Å². The van der Waals surface area contributed by atoms with E-state index in [1.165, 1.54) is 24.7 Å². The van der Waals surface area contributed by atoms with Gasteiger partial charge >= 0.3 is 6.03 Å². The highest BCUT2D eigenvalue weighted by molar-refractivity contribution is 5.92. The molecule has 1 aromatic heterocycles. The van der Waals surface area contributed by atoms with E-state index in [1.54, 1.807) is 0 Å². The summed E-state index contributed by atoms with van der Waals surface area (Å²) in [6.07, 6.45) is 5.21. The quantitative estimate of drug-likeness (QED) is 0.337. The molecule has 1 aliphatic rings. The summed E-state index contributed by atoms with van der Waals surface area (Å²) in [5.41, 5.74) is 0.686. The Morgan fingerprint density at radius 3 is 2.73 bits per heavy atom. The lowest BCUT2D eigenvalue weighted by Gasteiger charge is -2.22. The first kappa shape index (κ1) is 21.8. The standard InChI is InChI=1S/C23H22N6O4/c30-20(8-7-17-10-24-13-27-21(17)31)25-11-18(28-22(32)19-12-26-23(33)29-19)16-6-5-14-3-1-2-4-15(14)9-16/h1-10,13,18-19H,11-12H2,(H,25,30)(H,28,32)(H,24,27,31)(H2,26,29,33)/b8-7+/t18?,19-/m1/s1. The molecule has 4 rings (SSSR count). The van der Waals surface area contributed by atoms with Crippen molar-refractivity contribution in [3.63, 3.8) is 0 Å². The minimum atomic E-state index is -0.701. The van der Waals surface area contributed by atoms with Crippen molar-refractivity contribution < 1.29 is 14.4 Å². The smallest absolute Gasteiger partial charge is 0.315 e. The van der Waals surface area contributed by atoms with Gasteiger partial charge in [0.2, 0.25) is 11.8 Å². The van der Waals surface area contributed by atoms with Crippen molar-refractivity contribution >= 4 is 34.7 Å². The first-order chi connectivity index (χ1) is 16.0. The van der Waals surface area contributed by atoms with Crippen molar-refractivity contribution in [1.82, 2.24) is 31.2 Å². The first-order valence-electron chi connectivity index (χ1n) is 10.3. The highest BCUT2D eigenvalue weighted by atomic mass is 16.2. The molecule has 2 aromatic carbocycles. The Balaban J connectivity index is 1.49. The molecule has 0 aliphatic carbocycles. The molecule has 2 atom stereocenters. The lowest BCUT2D eigenvalue weighted by molar-refractivity contribution is -0.123. The van der Waals surface area contributed by atoms with E-state index in [1.807, 2.05) is 42.5 Å². The van der Waals surface area contributed by atoms with Gasteiger partial charge < -0.3 is 26.3 Å². The van der Waals surface area contributed by atoms with Crippen LogP contribution in [-0.2, 0) is 9.59 Å². The molecule has 33 heavy (non-hydrogen) atoms. The van der Waals surface area contributed by atoms with E-state index in [4.69, 9.17) is 0 Å². The maximum atomic E-state index is 12.7. The third kappa shape index (κ3) is 5.42. The highest BCUT2D eigenvalue weighted by Crippen LogP contribution is 2.20. The van der Waals surface area contributed by atoms with Crippen molar-refractivity contribution in [3.8, 4) is 0 Å². The van der Waals surface area contributed by atoms with Gasteiger partial charge in [-0.25, -0.2) is 9.78 Å². The third-order valence-electron chi connectivity index (χ3n) is 5.22. The summed E-state index contributed by atoms with van der Waals surface area (Å²) in [5, 5.41) is 12.8. The van der Waals surface area contributed by atoms with Crippen LogP contribution in [0, 0.1) is 0 Å². The van der Waals surface area contributed by atoms with Gasteiger partial charge in [0.1, 0.15) is 6.04 Å². The van der Waals surface area contributed by atoms with Crippen LogP contribution in [0.5, 0.6) is 0 Å². The zero-order chi connectivity index (χ0) is 23.2. The summed E-state index contributed by atoms with van der Waals surface area (Å²) < 4.78 is 0. The normalized spacial score (nSPS) is 16.2. The number of amides is 4. The molecule has 10 nitrogen and oxygen atoms in total. The van der Waals surface area contributed by atoms with Gasteiger partial charge in [0, 0.05) is 25.4 Å². The Morgan fingerprint density at radius 1 is 1.15 bits per heavy atom. The van der Waals surface area contributed by atoms with Gasteiger partial charge in [-0.15, -0.1) is 0 Å². The van der Waals surface area contributed by atoms with Crippen LogP contribution < -0.4 is 26.8 Å². The second-order valence-electron chi connectivity index (χ2n) is 7.49. The molecule has 5 N–H and O–H groups in total. The van der Waals surface area contributed by atoms with Gasteiger partial charge in [0.25, 0.3) is 5.56 Å².